The lowest BCUT2D eigenvalue weighted by molar-refractivity contribution is 0.0620. The van der Waals surface area contributed by atoms with E-state index < -0.39 is 10.0 Å². The number of rotatable bonds is 4. The molecule has 1 aliphatic rings. The molecule has 2 N–H and O–H groups in total. The van der Waals surface area contributed by atoms with Gasteiger partial charge in [-0.05, 0) is 25.7 Å². The van der Waals surface area contributed by atoms with Crippen LogP contribution in [0.3, 0.4) is 0 Å². The van der Waals surface area contributed by atoms with Crippen LogP contribution in [0.5, 0.6) is 0 Å². The van der Waals surface area contributed by atoms with Crippen LogP contribution in [0.25, 0.3) is 0 Å². The number of thiazole rings is 1. The molecular formula is C11H19N3O3S2. The minimum Gasteiger partial charge on any atom is -0.381 e. The molecule has 0 unspecified atom stereocenters. The molecule has 0 atom stereocenters. The Morgan fingerprint density at radius 1 is 1.47 bits per heavy atom. The van der Waals surface area contributed by atoms with Crippen LogP contribution >= 0.6 is 11.3 Å². The molecule has 1 fully saturated rings. The zero-order valence-corrected chi connectivity index (χ0v) is 12.8. The third-order valence-corrected chi connectivity index (χ3v) is 6.67. The number of hydrogen-bond donors (Lipinski definition) is 1. The summed E-state index contributed by atoms with van der Waals surface area (Å²) in [4.78, 5) is 3.98. The smallest absolute Gasteiger partial charge is 0.254 e. The maximum Gasteiger partial charge on any atom is 0.254 e. The molecule has 0 aromatic carbocycles. The Bertz CT molecular complexity index is 535. The number of hydrogen-bond acceptors (Lipinski definition) is 6. The van der Waals surface area contributed by atoms with Gasteiger partial charge in [0.25, 0.3) is 10.0 Å². The Balaban J connectivity index is 2.12. The van der Waals surface area contributed by atoms with Crippen molar-refractivity contribution < 1.29 is 13.2 Å². The molecule has 0 aliphatic carbocycles. The molecule has 19 heavy (non-hydrogen) atoms. The number of nitrogen functional groups attached to an aromatic ring is 1. The van der Waals surface area contributed by atoms with Gasteiger partial charge in [0.2, 0.25) is 0 Å². The van der Waals surface area contributed by atoms with Gasteiger partial charge in [-0.1, -0.05) is 11.3 Å². The number of nitrogens with two attached hydrogens (primary N) is 1. The lowest BCUT2D eigenvalue weighted by atomic mass is 10.0. The van der Waals surface area contributed by atoms with Crippen LogP contribution in [-0.2, 0) is 14.8 Å². The minimum atomic E-state index is -3.48. The third kappa shape index (κ3) is 3.25. The SMILES string of the molecule is Cc1nc(N)sc1S(=O)(=O)N(C)CC1CCOCC1. The second-order valence-corrected chi connectivity index (χ2v) is 8.04. The standard InChI is InChI=1S/C11H19N3O3S2/c1-8-10(18-11(12)13-8)19(15,16)14(2)7-9-3-5-17-6-4-9/h9H,3-7H2,1-2H3,(H2,12,13). The molecule has 108 valence electrons. The number of nitrogens with zero attached hydrogens (tertiary/aromatic N) is 2. The van der Waals surface area contributed by atoms with Crippen LogP contribution in [0.2, 0.25) is 0 Å². The molecule has 2 heterocycles. The Kier molecular flexibility index (Phi) is 4.44. The first kappa shape index (κ1) is 14.7. The second kappa shape index (κ2) is 5.74. The largest absolute Gasteiger partial charge is 0.381 e. The molecule has 2 rings (SSSR count). The van der Waals surface area contributed by atoms with E-state index in [2.05, 4.69) is 4.98 Å². The summed E-state index contributed by atoms with van der Waals surface area (Å²) in [7, 11) is -1.87. The van der Waals surface area contributed by atoms with Crippen molar-refractivity contribution in [2.24, 2.45) is 5.92 Å². The number of anilines is 1. The highest BCUT2D eigenvalue weighted by molar-refractivity contribution is 7.91. The molecule has 0 bridgehead atoms. The summed E-state index contributed by atoms with van der Waals surface area (Å²) in [5.41, 5.74) is 6.04. The average molecular weight is 305 g/mol. The topological polar surface area (TPSA) is 85.5 Å². The van der Waals surface area contributed by atoms with Gasteiger partial charge in [0.1, 0.15) is 0 Å². The quantitative estimate of drug-likeness (QED) is 0.899. The highest BCUT2D eigenvalue weighted by Gasteiger charge is 2.28. The summed E-state index contributed by atoms with van der Waals surface area (Å²) < 4.78 is 31.8. The van der Waals surface area contributed by atoms with Crippen LogP contribution in [0.1, 0.15) is 18.5 Å². The summed E-state index contributed by atoms with van der Waals surface area (Å²) in [5.74, 6) is 0.360. The third-order valence-electron chi connectivity index (χ3n) is 3.27. The maximum atomic E-state index is 12.4. The fraction of sp³-hybridized carbons (Fsp3) is 0.727. The molecule has 0 amide bonds. The molecule has 8 heteroatoms. The first-order valence-corrected chi connectivity index (χ1v) is 8.44. The Labute approximate surface area is 117 Å². The number of aryl methyl sites for hydroxylation is 1. The van der Waals surface area contributed by atoms with E-state index in [1.807, 2.05) is 0 Å². The van der Waals surface area contributed by atoms with E-state index in [9.17, 15) is 8.42 Å². The fourth-order valence-electron chi connectivity index (χ4n) is 2.17. The van der Waals surface area contributed by atoms with Gasteiger partial charge in [0.15, 0.2) is 9.34 Å². The molecule has 0 radical (unpaired) electrons. The van der Waals surface area contributed by atoms with E-state index >= 15 is 0 Å². The van der Waals surface area contributed by atoms with Crippen molar-refractivity contribution in [3.8, 4) is 0 Å². The van der Waals surface area contributed by atoms with Gasteiger partial charge in [-0.15, -0.1) is 0 Å². The van der Waals surface area contributed by atoms with Crippen molar-refractivity contribution in [2.45, 2.75) is 24.0 Å². The Morgan fingerprint density at radius 2 is 2.11 bits per heavy atom. The summed E-state index contributed by atoms with van der Waals surface area (Å²) in [5, 5.41) is 0.288. The van der Waals surface area contributed by atoms with Crippen LogP contribution in [0.4, 0.5) is 5.13 Å². The summed E-state index contributed by atoms with van der Waals surface area (Å²) in [6.45, 7) is 3.61. The van der Waals surface area contributed by atoms with E-state index in [0.29, 0.717) is 31.4 Å². The van der Waals surface area contributed by atoms with Crippen LogP contribution < -0.4 is 5.73 Å². The predicted octanol–water partition coefficient (Wildman–Crippen LogP) is 1.08. The molecule has 1 aromatic heterocycles. The molecule has 0 spiro atoms. The van der Waals surface area contributed by atoms with Crippen molar-refractivity contribution in [3.63, 3.8) is 0 Å². The van der Waals surface area contributed by atoms with Gasteiger partial charge >= 0.3 is 0 Å². The zero-order valence-electron chi connectivity index (χ0n) is 11.1. The van der Waals surface area contributed by atoms with Gasteiger partial charge in [-0.25, -0.2) is 13.4 Å². The van der Waals surface area contributed by atoms with Crippen LogP contribution in [0.15, 0.2) is 4.21 Å². The number of ether oxygens (including phenoxy) is 1. The number of sulfonamides is 1. The van der Waals surface area contributed by atoms with E-state index in [-0.39, 0.29) is 9.34 Å². The maximum absolute atomic E-state index is 12.4. The van der Waals surface area contributed by atoms with E-state index in [4.69, 9.17) is 10.5 Å². The second-order valence-electron chi connectivity index (χ2n) is 4.77. The van der Waals surface area contributed by atoms with Crippen molar-refractivity contribution >= 4 is 26.5 Å². The highest BCUT2D eigenvalue weighted by Crippen LogP contribution is 2.28. The van der Waals surface area contributed by atoms with E-state index in [0.717, 1.165) is 24.2 Å². The molecule has 6 nitrogen and oxygen atoms in total. The van der Waals surface area contributed by atoms with Crippen molar-refractivity contribution in [1.82, 2.24) is 9.29 Å². The average Bonchev–Trinajstić information content (AvgIpc) is 2.70. The highest BCUT2D eigenvalue weighted by atomic mass is 32.2. The fourth-order valence-corrected chi connectivity index (χ4v) is 4.91. The molecular weight excluding hydrogens is 286 g/mol. The van der Waals surface area contributed by atoms with Gasteiger partial charge in [0, 0.05) is 26.8 Å². The monoisotopic (exact) mass is 305 g/mol. The van der Waals surface area contributed by atoms with Crippen molar-refractivity contribution in [3.05, 3.63) is 5.69 Å². The lowest BCUT2D eigenvalue weighted by Gasteiger charge is -2.26. The predicted molar refractivity (Wildman–Crippen MR) is 74.6 cm³/mol. The van der Waals surface area contributed by atoms with Crippen molar-refractivity contribution in [1.29, 1.82) is 0 Å². The normalized spacial score (nSPS) is 18.1. The van der Waals surface area contributed by atoms with Gasteiger partial charge in [-0.2, -0.15) is 4.31 Å². The molecule has 0 saturated carbocycles. The first-order chi connectivity index (χ1) is 8.91. The van der Waals surface area contributed by atoms with Crippen LogP contribution in [-0.4, -0.2) is 44.5 Å². The molecule has 1 aromatic rings. The van der Waals surface area contributed by atoms with E-state index in [1.54, 1.807) is 14.0 Å². The Morgan fingerprint density at radius 3 is 2.63 bits per heavy atom. The molecule has 1 aliphatic heterocycles. The summed E-state index contributed by atoms with van der Waals surface area (Å²) >= 11 is 1.02. The minimum absolute atomic E-state index is 0.250. The molecule has 1 saturated heterocycles. The first-order valence-electron chi connectivity index (χ1n) is 6.18. The van der Waals surface area contributed by atoms with Crippen LogP contribution in [0, 0.1) is 12.8 Å². The van der Waals surface area contributed by atoms with E-state index in [1.165, 1.54) is 4.31 Å². The zero-order chi connectivity index (χ0) is 14.0. The van der Waals surface area contributed by atoms with Crippen molar-refractivity contribution in [2.75, 3.05) is 32.5 Å². The lowest BCUT2D eigenvalue weighted by Crippen LogP contribution is -2.34. The number of aromatic nitrogens is 1. The summed E-state index contributed by atoms with van der Waals surface area (Å²) in [6, 6.07) is 0. The van der Waals surface area contributed by atoms with Gasteiger partial charge in [-0.3, -0.25) is 0 Å². The van der Waals surface area contributed by atoms with Gasteiger partial charge < -0.3 is 10.5 Å². The summed E-state index contributed by atoms with van der Waals surface area (Å²) in [6.07, 6.45) is 1.81. The van der Waals surface area contributed by atoms with Gasteiger partial charge in [0.05, 0.1) is 5.69 Å². The Hall–Kier alpha value is -0.700.